The first-order chi connectivity index (χ1) is 6.25. The molecule has 8 nitrogen and oxygen atoms in total. The third-order valence-corrected chi connectivity index (χ3v) is 1.23. The number of amides is 1. The smallest absolute Gasteiger partial charge is 0.411 e. The molecule has 0 spiro atoms. The number of hydrogen-bond acceptors (Lipinski definition) is 6. The van der Waals surface area contributed by atoms with Crippen LogP contribution in [0, 0.1) is 0 Å². The molecule has 0 atom stereocenters. The van der Waals surface area contributed by atoms with Gasteiger partial charge in [-0.3, -0.25) is 5.32 Å². The van der Waals surface area contributed by atoms with Crippen LogP contribution in [0.4, 0.5) is 10.7 Å². The zero-order valence-corrected chi connectivity index (χ0v) is 6.13. The van der Waals surface area contributed by atoms with E-state index >= 15 is 0 Å². The van der Waals surface area contributed by atoms with Crippen molar-refractivity contribution in [2.75, 3.05) is 5.32 Å². The molecule has 2 N–H and O–H groups in total. The van der Waals surface area contributed by atoms with Gasteiger partial charge < -0.3 is 9.63 Å². The molecule has 2 aromatic rings. The fourth-order valence-electron chi connectivity index (χ4n) is 0.755. The van der Waals surface area contributed by atoms with Crippen LogP contribution in [-0.2, 0) is 0 Å². The van der Waals surface area contributed by atoms with Crippen molar-refractivity contribution < 1.29 is 14.4 Å². The highest BCUT2D eigenvalue weighted by molar-refractivity contribution is 5.81. The number of anilines is 1. The standard InChI is InChI=1S/C5H3N5O3/c11-5(12)8-4-6-1-2-3(7-4)13-10-9-2/h1H,(H,11,12)(H,6,7,8). The monoisotopic (exact) mass is 181 g/mol. The van der Waals surface area contributed by atoms with Gasteiger partial charge in [0.2, 0.25) is 5.95 Å². The number of aromatic nitrogens is 4. The maximum Gasteiger partial charge on any atom is 0.411 e. The molecule has 1 amide bonds. The molecule has 0 unspecified atom stereocenters. The number of carboxylic acid groups (broad SMARTS) is 1. The zero-order valence-electron chi connectivity index (χ0n) is 6.13. The van der Waals surface area contributed by atoms with E-state index < -0.39 is 6.09 Å². The lowest BCUT2D eigenvalue weighted by Crippen LogP contribution is -2.09. The Balaban J connectivity index is 2.42. The Hall–Kier alpha value is -2.25. The van der Waals surface area contributed by atoms with Gasteiger partial charge in [0.1, 0.15) is 0 Å². The minimum absolute atomic E-state index is 0.0708. The third-order valence-electron chi connectivity index (χ3n) is 1.23. The average Bonchev–Trinajstić information content (AvgIpc) is 2.49. The highest BCUT2D eigenvalue weighted by atomic mass is 16.5. The predicted molar refractivity (Wildman–Crippen MR) is 39.0 cm³/mol. The fraction of sp³-hybridized carbons (Fsp3) is 0. The highest BCUT2D eigenvalue weighted by Crippen LogP contribution is 2.07. The number of fused-ring (bicyclic) bond motifs is 1. The lowest BCUT2D eigenvalue weighted by Gasteiger charge is -1.94. The van der Waals surface area contributed by atoms with Crippen molar-refractivity contribution in [3.05, 3.63) is 6.20 Å². The number of nitrogens with zero attached hydrogens (tertiary/aromatic N) is 4. The van der Waals surface area contributed by atoms with Gasteiger partial charge in [-0.2, -0.15) is 4.98 Å². The van der Waals surface area contributed by atoms with Gasteiger partial charge in [0.05, 0.1) is 6.20 Å². The highest BCUT2D eigenvalue weighted by Gasteiger charge is 2.06. The largest absolute Gasteiger partial charge is 0.465 e. The normalized spacial score (nSPS) is 10.2. The van der Waals surface area contributed by atoms with Crippen LogP contribution in [0.3, 0.4) is 0 Å². The summed E-state index contributed by atoms with van der Waals surface area (Å²) in [6.45, 7) is 0. The summed E-state index contributed by atoms with van der Waals surface area (Å²) in [6.07, 6.45) is 0.0659. The van der Waals surface area contributed by atoms with Gasteiger partial charge in [-0.15, -0.1) is 5.10 Å². The second kappa shape index (κ2) is 2.66. The molecule has 0 radical (unpaired) electrons. The second-order valence-corrected chi connectivity index (χ2v) is 2.09. The van der Waals surface area contributed by atoms with E-state index in [0.29, 0.717) is 5.52 Å². The van der Waals surface area contributed by atoms with Crippen molar-refractivity contribution in [2.24, 2.45) is 0 Å². The number of rotatable bonds is 1. The van der Waals surface area contributed by atoms with Crippen LogP contribution in [-0.4, -0.2) is 31.5 Å². The van der Waals surface area contributed by atoms with E-state index in [0.717, 1.165) is 0 Å². The minimum atomic E-state index is -1.24. The van der Waals surface area contributed by atoms with Crippen LogP contribution in [0.5, 0.6) is 0 Å². The zero-order chi connectivity index (χ0) is 9.26. The van der Waals surface area contributed by atoms with Gasteiger partial charge in [0.25, 0.3) is 5.71 Å². The lowest BCUT2D eigenvalue weighted by molar-refractivity contribution is 0.209. The van der Waals surface area contributed by atoms with Crippen molar-refractivity contribution in [3.8, 4) is 0 Å². The molecular formula is C5H3N5O3. The van der Waals surface area contributed by atoms with Crippen molar-refractivity contribution in [2.45, 2.75) is 0 Å². The van der Waals surface area contributed by atoms with Gasteiger partial charge in [-0.05, 0) is 0 Å². The summed E-state index contributed by atoms with van der Waals surface area (Å²) in [5.41, 5.74) is 0.509. The summed E-state index contributed by atoms with van der Waals surface area (Å²) >= 11 is 0. The van der Waals surface area contributed by atoms with Crippen LogP contribution >= 0.6 is 0 Å². The molecule has 13 heavy (non-hydrogen) atoms. The van der Waals surface area contributed by atoms with Crippen molar-refractivity contribution in [1.82, 2.24) is 20.3 Å². The Labute approximate surface area is 70.6 Å². The van der Waals surface area contributed by atoms with Crippen LogP contribution < -0.4 is 5.32 Å². The maximum atomic E-state index is 10.2. The van der Waals surface area contributed by atoms with Crippen molar-refractivity contribution >= 4 is 23.3 Å². The van der Waals surface area contributed by atoms with Gasteiger partial charge in [0.15, 0.2) is 5.52 Å². The van der Waals surface area contributed by atoms with E-state index in [2.05, 4.69) is 24.9 Å². The van der Waals surface area contributed by atoms with Gasteiger partial charge in [-0.25, -0.2) is 9.78 Å². The summed E-state index contributed by atoms with van der Waals surface area (Å²) in [7, 11) is 0. The molecule has 8 heteroatoms. The van der Waals surface area contributed by atoms with E-state index in [1.165, 1.54) is 6.20 Å². The molecule has 0 aliphatic carbocycles. The first-order valence-corrected chi connectivity index (χ1v) is 3.21. The molecule has 0 aliphatic rings. The topological polar surface area (TPSA) is 114 Å². The summed E-state index contributed by atoms with van der Waals surface area (Å²) < 4.78 is 4.59. The molecule has 2 rings (SSSR count). The molecule has 0 fully saturated rings. The molecule has 0 aromatic carbocycles. The molecular weight excluding hydrogens is 178 g/mol. The van der Waals surface area contributed by atoms with E-state index in [1.807, 2.05) is 5.32 Å². The van der Waals surface area contributed by atoms with Gasteiger partial charge >= 0.3 is 6.09 Å². The van der Waals surface area contributed by atoms with Crippen molar-refractivity contribution in [1.29, 1.82) is 0 Å². The molecule has 0 saturated heterocycles. The van der Waals surface area contributed by atoms with E-state index in [-0.39, 0.29) is 11.7 Å². The molecule has 2 heterocycles. The van der Waals surface area contributed by atoms with Crippen LogP contribution in [0.15, 0.2) is 10.7 Å². The summed E-state index contributed by atoms with van der Waals surface area (Å²) in [6, 6.07) is 0. The Morgan fingerprint density at radius 2 is 2.46 bits per heavy atom. The van der Waals surface area contributed by atoms with E-state index in [1.54, 1.807) is 0 Å². The summed E-state index contributed by atoms with van der Waals surface area (Å²) in [5.74, 6) is -0.0708. The maximum absolute atomic E-state index is 10.2. The molecule has 0 saturated carbocycles. The average molecular weight is 181 g/mol. The van der Waals surface area contributed by atoms with E-state index in [4.69, 9.17) is 5.11 Å². The van der Waals surface area contributed by atoms with Crippen LogP contribution in [0.1, 0.15) is 0 Å². The second-order valence-electron chi connectivity index (χ2n) is 2.09. The number of carbonyl (C=O) groups is 1. The molecule has 0 bridgehead atoms. The van der Waals surface area contributed by atoms with E-state index in [9.17, 15) is 4.79 Å². The lowest BCUT2D eigenvalue weighted by atomic mass is 10.6. The Morgan fingerprint density at radius 3 is 3.23 bits per heavy atom. The van der Waals surface area contributed by atoms with Crippen LogP contribution in [0.25, 0.3) is 11.2 Å². The summed E-state index contributed by atoms with van der Waals surface area (Å²) in [5, 5.41) is 17.0. The molecule has 0 aliphatic heterocycles. The van der Waals surface area contributed by atoms with Crippen molar-refractivity contribution in [3.63, 3.8) is 0 Å². The van der Waals surface area contributed by atoms with Gasteiger partial charge in [0, 0.05) is 5.27 Å². The molecule has 66 valence electrons. The number of nitrogens with one attached hydrogen (secondary N) is 1. The minimum Gasteiger partial charge on any atom is -0.465 e. The Morgan fingerprint density at radius 1 is 1.62 bits per heavy atom. The quantitative estimate of drug-likeness (QED) is 0.641. The summed E-state index contributed by atoms with van der Waals surface area (Å²) in [4.78, 5) is 17.5. The van der Waals surface area contributed by atoms with Crippen LogP contribution in [0.2, 0.25) is 0 Å². The first kappa shape index (κ1) is 7.40. The fourth-order valence-corrected chi connectivity index (χ4v) is 0.755. The number of hydrogen-bond donors (Lipinski definition) is 2. The Kier molecular flexibility index (Phi) is 1.51. The first-order valence-electron chi connectivity index (χ1n) is 3.21. The Bertz CT molecular complexity index is 452. The third kappa shape index (κ3) is 1.36. The SMILES string of the molecule is O=C(O)Nc1ncc2nnoc2n1. The molecule has 2 aromatic heterocycles. The predicted octanol–water partition coefficient (Wildman–Crippen LogP) is 0.103. The van der Waals surface area contributed by atoms with Gasteiger partial charge in [-0.1, -0.05) is 0 Å².